The molecule has 0 radical (unpaired) electrons. The van der Waals surface area contributed by atoms with Crippen molar-refractivity contribution in [1.29, 1.82) is 0 Å². The molecule has 0 aromatic carbocycles. The average Bonchev–Trinajstić information content (AvgIpc) is 2.47. The zero-order valence-electron chi connectivity index (χ0n) is 12.5. The van der Waals surface area contributed by atoms with E-state index >= 15 is 0 Å². The number of hydrogen-bond acceptors (Lipinski definition) is 4. The molecule has 1 heterocycles. The minimum absolute atomic E-state index is 0.0148. The Morgan fingerprint density at radius 2 is 2.10 bits per heavy atom. The third-order valence-electron chi connectivity index (χ3n) is 4.00. The van der Waals surface area contributed by atoms with Crippen LogP contribution in [0, 0.1) is 5.41 Å². The summed E-state index contributed by atoms with van der Waals surface area (Å²) in [5.74, 6) is -0.167. The molecule has 1 atom stereocenters. The summed E-state index contributed by atoms with van der Waals surface area (Å²) in [6.45, 7) is 5.05. The second-order valence-electron chi connectivity index (χ2n) is 5.55. The summed E-state index contributed by atoms with van der Waals surface area (Å²) >= 11 is 0. The molecule has 1 saturated heterocycles. The highest BCUT2D eigenvalue weighted by molar-refractivity contribution is 6.06. The SMILES string of the molecule is CCCCCC(C)NC(=O)C1(C(N)=NO)CCOCC1. The highest BCUT2D eigenvalue weighted by Gasteiger charge is 2.44. The van der Waals surface area contributed by atoms with Gasteiger partial charge in [-0.3, -0.25) is 4.79 Å². The van der Waals surface area contributed by atoms with E-state index < -0.39 is 5.41 Å². The highest BCUT2D eigenvalue weighted by atomic mass is 16.5. The number of hydrogen-bond donors (Lipinski definition) is 3. The lowest BCUT2D eigenvalue weighted by molar-refractivity contribution is -0.132. The number of rotatable bonds is 7. The van der Waals surface area contributed by atoms with Crippen molar-refractivity contribution in [3.05, 3.63) is 0 Å². The molecule has 0 aliphatic carbocycles. The first-order chi connectivity index (χ1) is 9.56. The lowest BCUT2D eigenvalue weighted by Crippen LogP contribution is -2.54. The molecule has 4 N–H and O–H groups in total. The van der Waals surface area contributed by atoms with Gasteiger partial charge in [-0.15, -0.1) is 0 Å². The Balaban J connectivity index is 2.64. The minimum atomic E-state index is -0.925. The van der Waals surface area contributed by atoms with E-state index in [4.69, 9.17) is 15.7 Å². The van der Waals surface area contributed by atoms with Crippen LogP contribution in [0.3, 0.4) is 0 Å². The molecule has 6 nitrogen and oxygen atoms in total. The van der Waals surface area contributed by atoms with E-state index in [2.05, 4.69) is 17.4 Å². The molecular formula is C14H27N3O3. The fourth-order valence-electron chi connectivity index (χ4n) is 2.55. The molecule has 1 rings (SSSR count). The third-order valence-corrected chi connectivity index (χ3v) is 4.00. The smallest absolute Gasteiger partial charge is 0.234 e. The Morgan fingerprint density at radius 3 is 2.65 bits per heavy atom. The van der Waals surface area contributed by atoms with Gasteiger partial charge < -0.3 is 21.0 Å². The van der Waals surface area contributed by atoms with Gasteiger partial charge in [0.1, 0.15) is 5.41 Å². The number of carbonyl (C=O) groups is 1. The van der Waals surface area contributed by atoms with Crippen molar-refractivity contribution in [2.45, 2.75) is 58.4 Å². The first-order valence-corrected chi connectivity index (χ1v) is 7.43. The Hall–Kier alpha value is -1.30. The summed E-state index contributed by atoms with van der Waals surface area (Å²) in [6.07, 6.45) is 5.28. The van der Waals surface area contributed by atoms with E-state index in [0.29, 0.717) is 26.1 Å². The average molecular weight is 285 g/mol. The Bertz CT molecular complexity index is 339. The van der Waals surface area contributed by atoms with Crippen molar-refractivity contribution in [2.24, 2.45) is 16.3 Å². The van der Waals surface area contributed by atoms with Crippen molar-refractivity contribution in [1.82, 2.24) is 5.32 Å². The van der Waals surface area contributed by atoms with Crippen LogP contribution >= 0.6 is 0 Å². The maximum atomic E-state index is 12.5. The van der Waals surface area contributed by atoms with Crippen molar-refractivity contribution >= 4 is 11.7 Å². The molecule has 20 heavy (non-hydrogen) atoms. The topological polar surface area (TPSA) is 96.9 Å². The molecule has 6 heteroatoms. The summed E-state index contributed by atoms with van der Waals surface area (Å²) < 4.78 is 5.28. The van der Waals surface area contributed by atoms with Gasteiger partial charge in [-0.1, -0.05) is 31.3 Å². The number of ether oxygens (including phenoxy) is 1. The maximum Gasteiger partial charge on any atom is 0.234 e. The molecule has 0 spiro atoms. The van der Waals surface area contributed by atoms with Crippen LogP contribution in [0.15, 0.2) is 5.16 Å². The van der Waals surface area contributed by atoms with E-state index in [0.717, 1.165) is 19.3 Å². The van der Waals surface area contributed by atoms with Crippen LogP contribution in [0.5, 0.6) is 0 Å². The zero-order valence-corrected chi connectivity index (χ0v) is 12.5. The van der Waals surface area contributed by atoms with Gasteiger partial charge in [-0.2, -0.15) is 0 Å². The molecule has 1 aliphatic rings. The van der Waals surface area contributed by atoms with Gasteiger partial charge in [-0.25, -0.2) is 0 Å². The fourth-order valence-corrected chi connectivity index (χ4v) is 2.55. The van der Waals surface area contributed by atoms with Gasteiger partial charge in [0.15, 0.2) is 5.84 Å². The van der Waals surface area contributed by atoms with E-state index in [1.54, 1.807) is 0 Å². The predicted octanol–water partition coefficient (Wildman–Crippen LogP) is 1.61. The van der Waals surface area contributed by atoms with Crippen molar-refractivity contribution in [3.63, 3.8) is 0 Å². The molecule has 0 aromatic heterocycles. The van der Waals surface area contributed by atoms with Gasteiger partial charge in [0, 0.05) is 19.3 Å². The number of amides is 1. The first-order valence-electron chi connectivity index (χ1n) is 7.43. The second kappa shape index (κ2) is 8.09. The molecule has 116 valence electrons. The number of oxime groups is 1. The highest BCUT2D eigenvalue weighted by Crippen LogP contribution is 2.31. The number of nitrogens with zero attached hydrogens (tertiary/aromatic N) is 1. The van der Waals surface area contributed by atoms with E-state index in [-0.39, 0.29) is 17.8 Å². The number of nitrogens with one attached hydrogen (secondary N) is 1. The Kier molecular flexibility index (Phi) is 6.78. The molecule has 0 saturated carbocycles. The molecule has 1 aliphatic heterocycles. The Morgan fingerprint density at radius 1 is 1.45 bits per heavy atom. The monoisotopic (exact) mass is 285 g/mol. The van der Waals surface area contributed by atoms with Gasteiger partial charge in [0.2, 0.25) is 5.91 Å². The summed E-state index contributed by atoms with van der Waals surface area (Å²) in [4.78, 5) is 12.5. The molecule has 1 unspecified atom stereocenters. The quantitative estimate of drug-likeness (QED) is 0.218. The van der Waals surface area contributed by atoms with Crippen molar-refractivity contribution < 1.29 is 14.7 Å². The van der Waals surface area contributed by atoms with Crippen LogP contribution in [-0.2, 0) is 9.53 Å². The fraction of sp³-hybridized carbons (Fsp3) is 0.857. The summed E-state index contributed by atoms with van der Waals surface area (Å²) in [6, 6.07) is 0.0975. The molecular weight excluding hydrogens is 258 g/mol. The summed E-state index contributed by atoms with van der Waals surface area (Å²) in [5, 5.41) is 15.0. The minimum Gasteiger partial charge on any atom is -0.409 e. The summed E-state index contributed by atoms with van der Waals surface area (Å²) in [5.41, 5.74) is 4.84. The normalized spacial score (nSPS) is 20.4. The number of carbonyl (C=O) groups excluding carboxylic acids is 1. The largest absolute Gasteiger partial charge is 0.409 e. The standard InChI is InChI=1S/C14H27N3O3/c1-3-4-5-6-11(2)16-13(18)14(12(15)17-19)7-9-20-10-8-14/h11,19H,3-10H2,1-2H3,(H2,15,17)(H,16,18). The molecule has 0 bridgehead atoms. The van der Waals surface area contributed by atoms with Crippen LogP contribution in [0.2, 0.25) is 0 Å². The first kappa shape index (κ1) is 16.8. The molecule has 1 fully saturated rings. The van der Waals surface area contributed by atoms with Gasteiger partial charge in [0.05, 0.1) is 0 Å². The van der Waals surface area contributed by atoms with E-state index in [1.165, 1.54) is 6.42 Å². The zero-order chi connectivity index (χ0) is 15.0. The van der Waals surface area contributed by atoms with Crippen LogP contribution < -0.4 is 11.1 Å². The summed E-state index contributed by atoms with van der Waals surface area (Å²) in [7, 11) is 0. The van der Waals surface area contributed by atoms with Gasteiger partial charge in [-0.05, 0) is 26.2 Å². The van der Waals surface area contributed by atoms with Crippen molar-refractivity contribution in [2.75, 3.05) is 13.2 Å². The van der Waals surface area contributed by atoms with E-state index in [9.17, 15) is 4.79 Å². The predicted molar refractivity (Wildman–Crippen MR) is 77.6 cm³/mol. The maximum absolute atomic E-state index is 12.5. The third kappa shape index (κ3) is 4.10. The van der Waals surface area contributed by atoms with Crippen molar-refractivity contribution in [3.8, 4) is 0 Å². The number of unbranched alkanes of at least 4 members (excludes halogenated alkanes) is 2. The molecule has 1 amide bonds. The lowest BCUT2D eigenvalue weighted by Gasteiger charge is -2.35. The van der Waals surface area contributed by atoms with Crippen LogP contribution in [0.1, 0.15) is 52.4 Å². The van der Waals surface area contributed by atoms with Gasteiger partial charge in [0.25, 0.3) is 0 Å². The number of amidine groups is 1. The number of nitrogens with two attached hydrogens (primary N) is 1. The molecule has 0 aromatic rings. The van der Waals surface area contributed by atoms with Gasteiger partial charge >= 0.3 is 0 Å². The van der Waals surface area contributed by atoms with Crippen LogP contribution in [-0.4, -0.2) is 36.2 Å². The second-order valence-corrected chi connectivity index (χ2v) is 5.55. The van der Waals surface area contributed by atoms with Crippen LogP contribution in [0.25, 0.3) is 0 Å². The lowest BCUT2D eigenvalue weighted by atomic mass is 9.78. The van der Waals surface area contributed by atoms with Crippen LogP contribution in [0.4, 0.5) is 0 Å². The Labute approximate surface area is 120 Å². The van der Waals surface area contributed by atoms with E-state index in [1.807, 2.05) is 6.92 Å².